The Balaban J connectivity index is 1.41. The lowest BCUT2D eigenvalue weighted by Gasteiger charge is -2.33. The molecule has 154 valence electrons. The van der Waals surface area contributed by atoms with Crippen molar-refractivity contribution in [1.82, 2.24) is 15.5 Å². The lowest BCUT2D eigenvalue weighted by atomic mass is 9.96. The molecule has 2 aromatic carbocycles. The van der Waals surface area contributed by atoms with Crippen LogP contribution in [0.25, 0.3) is 11.3 Å². The number of anilines is 1. The van der Waals surface area contributed by atoms with Gasteiger partial charge in [0, 0.05) is 18.7 Å². The molecule has 0 saturated carbocycles. The van der Waals surface area contributed by atoms with Crippen molar-refractivity contribution in [3.63, 3.8) is 0 Å². The highest BCUT2D eigenvalue weighted by Gasteiger charge is 2.27. The Morgan fingerprint density at radius 3 is 2.53 bits per heavy atom. The fourth-order valence-electron chi connectivity index (χ4n) is 4.05. The molecule has 30 heavy (non-hydrogen) atoms. The van der Waals surface area contributed by atoms with Gasteiger partial charge in [0.15, 0.2) is 5.82 Å². The minimum atomic E-state index is -0.0391. The molecule has 1 aliphatic heterocycles. The average Bonchev–Trinajstić information content (AvgIpc) is 2.80. The largest absolute Gasteiger partial charge is 0.354 e. The van der Waals surface area contributed by atoms with E-state index in [9.17, 15) is 4.79 Å². The zero-order valence-corrected chi connectivity index (χ0v) is 17.6. The van der Waals surface area contributed by atoms with Gasteiger partial charge in [0.25, 0.3) is 0 Å². The van der Waals surface area contributed by atoms with Crippen molar-refractivity contribution in [3.05, 3.63) is 77.9 Å². The molecule has 2 atom stereocenters. The van der Waals surface area contributed by atoms with Crippen LogP contribution < -0.4 is 10.2 Å². The van der Waals surface area contributed by atoms with Crippen molar-refractivity contribution in [2.45, 2.75) is 32.7 Å². The van der Waals surface area contributed by atoms with E-state index < -0.39 is 0 Å². The number of nitrogens with one attached hydrogen (secondary N) is 1. The first-order valence-corrected chi connectivity index (χ1v) is 10.6. The molecule has 1 fully saturated rings. The zero-order valence-electron chi connectivity index (χ0n) is 17.6. The van der Waals surface area contributed by atoms with Crippen LogP contribution in [-0.2, 0) is 4.79 Å². The van der Waals surface area contributed by atoms with E-state index in [2.05, 4.69) is 39.5 Å². The number of hydrogen-bond donors (Lipinski definition) is 1. The van der Waals surface area contributed by atoms with Crippen molar-refractivity contribution >= 4 is 11.7 Å². The predicted molar refractivity (Wildman–Crippen MR) is 120 cm³/mol. The summed E-state index contributed by atoms with van der Waals surface area (Å²) >= 11 is 0. The van der Waals surface area contributed by atoms with Gasteiger partial charge in [-0.2, -0.15) is 0 Å². The van der Waals surface area contributed by atoms with Crippen LogP contribution in [0.1, 0.15) is 36.9 Å². The van der Waals surface area contributed by atoms with E-state index in [0.29, 0.717) is 6.54 Å². The van der Waals surface area contributed by atoms with Gasteiger partial charge in [-0.25, -0.2) is 0 Å². The average molecular weight is 401 g/mol. The van der Waals surface area contributed by atoms with E-state index in [0.717, 1.165) is 42.0 Å². The van der Waals surface area contributed by atoms with Crippen LogP contribution in [0.5, 0.6) is 0 Å². The number of hydrogen-bond acceptors (Lipinski definition) is 4. The Morgan fingerprint density at radius 1 is 1.03 bits per heavy atom. The second-order valence-corrected chi connectivity index (χ2v) is 8.02. The van der Waals surface area contributed by atoms with Crippen molar-refractivity contribution in [2.24, 2.45) is 5.92 Å². The minimum absolute atomic E-state index is 0.00210. The summed E-state index contributed by atoms with van der Waals surface area (Å²) in [5, 5.41) is 12.1. The highest BCUT2D eigenvalue weighted by molar-refractivity contribution is 5.80. The summed E-state index contributed by atoms with van der Waals surface area (Å²) in [5.41, 5.74) is 4.28. The molecule has 0 spiro atoms. The maximum absolute atomic E-state index is 12.9. The molecule has 0 aliphatic carbocycles. The Bertz CT molecular complexity index is 988. The summed E-state index contributed by atoms with van der Waals surface area (Å²) in [6, 6.07) is 22.3. The third kappa shape index (κ3) is 4.51. The van der Waals surface area contributed by atoms with E-state index in [1.807, 2.05) is 61.5 Å². The first-order valence-electron chi connectivity index (χ1n) is 10.6. The van der Waals surface area contributed by atoms with Gasteiger partial charge in [-0.05, 0) is 49.9 Å². The Hall–Kier alpha value is -3.21. The maximum atomic E-state index is 12.9. The predicted octanol–water partition coefficient (Wildman–Crippen LogP) is 4.55. The van der Waals surface area contributed by atoms with E-state index in [-0.39, 0.29) is 17.9 Å². The number of nitrogens with zero attached hydrogens (tertiary/aromatic N) is 3. The number of aryl methyl sites for hydroxylation is 1. The summed E-state index contributed by atoms with van der Waals surface area (Å²) in [5.74, 6) is 0.907. The van der Waals surface area contributed by atoms with Crippen LogP contribution >= 0.6 is 0 Å². The van der Waals surface area contributed by atoms with Gasteiger partial charge in [-0.3, -0.25) is 4.79 Å². The topological polar surface area (TPSA) is 58.1 Å². The fraction of sp³-hybridized carbons (Fsp3) is 0.320. The fourth-order valence-corrected chi connectivity index (χ4v) is 4.05. The SMILES string of the molecule is Cc1ccccc1-c1ccc(N2CCCC(C(=O)NC(C)c3ccccc3)C2)nn1. The van der Waals surface area contributed by atoms with E-state index >= 15 is 0 Å². The molecule has 2 heterocycles. The third-order valence-corrected chi connectivity index (χ3v) is 5.85. The first kappa shape index (κ1) is 20.1. The van der Waals surface area contributed by atoms with Crippen molar-refractivity contribution in [3.8, 4) is 11.3 Å². The summed E-state index contributed by atoms with van der Waals surface area (Å²) in [4.78, 5) is 15.0. The standard InChI is InChI=1S/C25H28N4O/c1-18-9-6-7-13-22(18)23-14-15-24(28-27-23)29-16-8-12-21(17-29)25(30)26-19(2)20-10-4-3-5-11-20/h3-7,9-11,13-15,19,21H,8,12,16-17H2,1-2H3,(H,26,30). The van der Waals surface area contributed by atoms with Gasteiger partial charge < -0.3 is 10.2 Å². The summed E-state index contributed by atoms with van der Waals surface area (Å²) < 4.78 is 0. The summed E-state index contributed by atoms with van der Waals surface area (Å²) in [6.45, 7) is 5.68. The van der Waals surface area contributed by atoms with Crippen molar-refractivity contribution in [1.29, 1.82) is 0 Å². The normalized spacial score (nSPS) is 17.4. The molecular formula is C25H28N4O. The molecule has 5 nitrogen and oxygen atoms in total. The number of rotatable bonds is 5. The number of benzene rings is 2. The monoisotopic (exact) mass is 400 g/mol. The highest BCUT2D eigenvalue weighted by atomic mass is 16.2. The molecule has 0 radical (unpaired) electrons. The molecule has 2 unspecified atom stereocenters. The molecule has 4 rings (SSSR count). The van der Waals surface area contributed by atoms with Gasteiger partial charge in [0.2, 0.25) is 5.91 Å². The van der Waals surface area contributed by atoms with E-state index in [1.165, 1.54) is 5.56 Å². The highest BCUT2D eigenvalue weighted by Crippen LogP contribution is 2.25. The second-order valence-electron chi connectivity index (χ2n) is 8.02. The lowest BCUT2D eigenvalue weighted by molar-refractivity contribution is -0.125. The maximum Gasteiger partial charge on any atom is 0.225 e. The van der Waals surface area contributed by atoms with Gasteiger partial charge in [-0.1, -0.05) is 54.6 Å². The lowest BCUT2D eigenvalue weighted by Crippen LogP contribution is -2.44. The molecule has 1 saturated heterocycles. The van der Waals surface area contributed by atoms with Gasteiger partial charge in [0.1, 0.15) is 0 Å². The Morgan fingerprint density at radius 2 is 1.80 bits per heavy atom. The summed E-state index contributed by atoms with van der Waals surface area (Å²) in [7, 11) is 0. The van der Waals surface area contributed by atoms with Gasteiger partial charge in [0.05, 0.1) is 17.7 Å². The quantitative estimate of drug-likeness (QED) is 0.683. The molecular weight excluding hydrogens is 372 g/mol. The molecule has 1 N–H and O–H groups in total. The molecule has 3 aromatic rings. The second kappa shape index (κ2) is 9.08. The van der Waals surface area contributed by atoms with E-state index in [4.69, 9.17) is 0 Å². The molecule has 0 bridgehead atoms. The molecule has 1 aliphatic rings. The zero-order chi connectivity index (χ0) is 20.9. The number of aromatic nitrogens is 2. The summed E-state index contributed by atoms with van der Waals surface area (Å²) in [6.07, 6.45) is 1.87. The van der Waals surface area contributed by atoms with Crippen LogP contribution in [0.15, 0.2) is 66.7 Å². The number of carbonyl (C=O) groups excluding carboxylic acids is 1. The van der Waals surface area contributed by atoms with E-state index in [1.54, 1.807) is 0 Å². The van der Waals surface area contributed by atoms with Crippen LogP contribution in [0.4, 0.5) is 5.82 Å². The molecule has 1 aromatic heterocycles. The molecule has 1 amide bonds. The third-order valence-electron chi connectivity index (χ3n) is 5.85. The smallest absolute Gasteiger partial charge is 0.225 e. The van der Waals surface area contributed by atoms with Crippen LogP contribution in [0.3, 0.4) is 0 Å². The number of piperidine rings is 1. The van der Waals surface area contributed by atoms with Gasteiger partial charge in [-0.15, -0.1) is 10.2 Å². The Kier molecular flexibility index (Phi) is 6.07. The van der Waals surface area contributed by atoms with Gasteiger partial charge >= 0.3 is 0 Å². The molecule has 5 heteroatoms. The Labute approximate surface area is 178 Å². The first-order chi connectivity index (χ1) is 14.6. The van der Waals surface area contributed by atoms with Crippen molar-refractivity contribution in [2.75, 3.05) is 18.0 Å². The van der Waals surface area contributed by atoms with Crippen LogP contribution in [0.2, 0.25) is 0 Å². The minimum Gasteiger partial charge on any atom is -0.354 e. The number of carbonyl (C=O) groups is 1. The number of amides is 1. The van der Waals surface area contributed by atoms with Crippen LogP contribution in [0, 0.1) is 12.8 Å². The van der Waals surface area contributed by atoms with Crippen molar-refractivity contribution < 1.29 is 4.79 Å². The van der Waals surface area contributed by atoms with Crippen LogP contribution in [-0.4, -0.2) is 29.2 Å².